The number of hydrogen-bond acceptors (Lipinski definition) is 5. The lowest BCUT2D eigenvalue weighted by Crippen LogP contribution is -2.33. The molecule has 4 rings (SSSR count). The van der Waals surface area contributed by atoms with Crippen LogP contribution in [0.3, 0.4) is 0 Å². The molecule has 0 N–H and O–H groups in total. The van der Waals surface area contributed by atoms with Crippen LogP contribution in [0, 0.1) is 6.92 Å². The van der Waals surface area contributed by atoms with Crippen LogP contribution >= 0.6 is 11.3 Å². The molecule has 2 heterocycles. The molecule has 0 fully saturated rings. The smallest absolute Gasteiger partial charge is 0.333 e. The summed E-state index contributed by atoms with van der Waals surface area (Å²) in [4.78, 5) is 32.2. The normalized spacial score (nSPS) is 12.1. The van der Waals surface area contributed by atoms with Crippen molar-refractivity contribution in [3.63, 3.8) is 0 Å². The largest absolute Gasteiger partial charge is 0.467 e. The Morgan fingerprint density at radius 2 is 1.71 bits per heavy atom. The zero-order valence-electron chi connectivity index (χ0n) is 15.5. The minimum Gasteiger partial charge on any atom is -0.467 e. The first-order chi connectivity index (χ1) is 13.6. The van der Waals surface area contributed by atoms with Crippen molar-refractivity contribution in [3.05, 3.63) is 88.5 Å². The van der Waals surface area contributed by atoms with E-state index in [1.807, 2.05) is 54.6 Å². The molecule has 28 heavy (non-hydrogen) atoms. The number of aryl methyl sites for hydroxylation is 1. The zero-order valence-corrected chi connectivity index (χ0v) is 16.3. The Balaban J connectivity index is 1.94. The molecule has 0 saturated heterocycles. The fourth-order valence-corrected chi connectivity index (χ4v) is 4.35. The Hall–Kier alpha value is -3.25. The molecule has 0 aliphatic carbocycles. The van der Waals surface area contributed by atoms with E-state index < -0.39 is 12.0 Å². The van der Waals surface area contributed by atoms with Gasteiger partial charge in [0.1, 0.15) is 10.7 Å². The predicted molar refractivity (Wildman–Crippen MR) is 111 cm³/mol. The number of nitrogens with zero attached hydrogens (tertiary/aromatic N) is 2. The van der Waals surface area contributed by atoms with E-state index in [1.54, 1.807) is 19.1 Å². The van der Waals surface area contributed by atoms with Crippen molar-refractivity contribution in [2.45, 2.75) is 13.0 Å². The molecule has 2 aromatic carbocycles. The second kappa shape index (κ2) is 7.40. The molecule has 140 valence electrons. The number of hydrogen-bond donors (Lipinski definition) is 0. The molecule has 1 unspecified atom stereocenters. The number of fused-ring (bicyclic) bond motifs is 1. The van der Waals surface area contributed by atoms with Gasteiger partial charge in [0.15, 0.2) is 6.04 Å². The number of carbonyl (C=O) groups is 1. The Morgan fingerprint density at radius 3 is 2.36 bits per heavy atom. The zero-order chi connectivity index (χ0) is 19.7. The maximum atomic E-state index is 13.4. The quantitative estimate of drug-likeness (QED) is 0.490. The first-order valence-corrected chi connectivity index (χ1v) is 9.62. The van der Waals surface area contributed by atoms with Crippen molar-refractivity contribution in [2.24, 2.45) is 0 Å². The number of ether oxygens (including phenoxy) is 1. The second-order valence-electron chi connectivity index (χ2n) is 6.37. The molecule has 1 atom stereocenters. The Kier molecular flexibility index (Phi) is 4.79. The maximum absolute atomic E-state index is 13.4. The van der Waals surface area contributed by atoms with Crippen LogP contribution in [-0.4, -0.2) is 22.6 Å². The Bertz CT molecular complexity index is 1200. The highest BCUT2D eigenvalue weighted by atomic mass is 32.1. The summed E-state index contributed by atoms with van der Waals surface area (Å²) in [7, 11) is 1.32. The maximum Gasteiger partial charge on any atom is 0.333 e. The SMILES string of the molecule is COC(=O)C(c1ccccc1)n1c(C)nc2sc(-c3ccccc3)cc2c1=O. The van der Waals surface area contributed by atoms with Gasteiger partial charge in [0.25, 0.3) is 5.56 Å². The molecule has 0 amide bonds. The van der Waals surface area contributed by atoms with Gasteiger partial charge in [-0.05, 0) is 24.1 Å². The number of thiophene rings is 1. The van der Waals surface area contributed by atoms with Crippen LogP contribution in [0.25, 0.3) is 20.7 Å². The van der Waals surface area contributed by atoms with Gasteiger partial charge in [-0.2, -0.15) is 0 Å². The fraction of sp³-hybridized carbons (Fsp3) is 0.136. The summed E-state index contributed by atoms with van der Waals surface area (Å²) in [5.41, 5.74) is 1.46. The minimum atomic E-state index is -0.879. The van der Waals surface area contributed by atoms with E-state index in [9.17, 15) is 9.59 Å². The van der Waals surface area contributed by atoms with Crippen molar-refractivity contribution in [1.82, 2.24) is 9.55 Å². The van der Waals surface area contributed by atoms with Crippen LogP contribution in [0.5, 0.6) is 0 Å². The van der Waals surface area contributed by atoms with Crippen molar-refractivity contribution in [2.75, 3.05) is 7.11 Å². The Morgan fingerprint density at radius 1 is 1.07 bits per heavy atom. The van der Waals surface area contributed by atoms with E-state index in [2.05, 4.69) is 4.98 Å². The van der Waals surface area contributed by atoms with Gasteiger partial charge in [0.2, 0.25) is 0 Å². The van der Waals surface area contributed by atoms with Crippen LogP contribution in [-0.2, 0) is 9.53 Å². The molecule has 0 aliphatic heterocycles. The number of aromatic nitrogens is 2. The second-order valence-corrected chi connectivity index (χ2v) is 7.40. The van der Waals surface area contributed by atoms with Gasteiger partial charge in [-0.1, -0.05) is 60.7 Å². The van der Waals surface area contributed by atoms with E-state index in [-0.39, 0.29) is 5.56 Å². The monoisotopic (exact) mass is 390 g/mol. The summed E-state index contributed by atoms with van der Waals surface area (Å²) in [5, 5.41) is 0.499. The third-order valence-corrected chi connectivity index (χ3v) is 5.71. The average molecular weight is 390 g/mol. The van der Waals surface area contributed by atoms with Crippen LogP contribution < -0.4 is 5.56 Å². The molecule has 6 heteroatoms. The molecule has 0 saturated carbocycles. The van der Waals surface area contributed by atoms with Gasteiger partial charge in [-0.15, -0.1) is 11.3 Å². The molecule has 4 aromatic rings. The van der Waals surface area contributed by atoms with Crippen LogP contribution in [0.4, 0.5) is 0 Å². The highest BCUT2D eigenvalue weighted by molar-refractivity contribution is 7.21. The number of methoxy groups -OCH3 is 1. The van der Waals surface area contributed by atoms with Gasteiger partial charge in [0.05, 0.1) is 12.5 Å². The highest BCUT2D eigenvalue weighted by Gasteiger charge is 2.27. The molecular formula is C22H18N2O3S. The summed E-state index contributed by atoms with van der Waals surface area (Å²) in [6.45, 7) is 1.74. The van der Waals surface area contributed by atoms with E-state index >= 15 is 0 Å². The third kappa shape index (κ3) is 3.12. The van der Waals surface area contributed by atoms with E-state index in [1.165, 1.54) is 23.0 Å². The van der Waals surface area contributed by atoms with Gasteiger partial charge in [0, 0.05) is 4.88 Å². The van der Waals surface area contributed by atoms with E-state index in [0.717, 1.165) is 10.4 Å². The molecule has 0 radical (unpaired) electrons. The average Bonchev–Trinajstić information content (AvgIpc) is 3.16. The molecule has 0 spiro atoms. The van der Waals surface area contributed by atoms with Gasteiger partial charge in [-0.25, -0.2) is 9.78 Å². The molecule has 0 aliphatic rings. The van der Waals surface area contributed by atoms with Crippen molar-refractivity contribution in [3.8, 4) is 10.4 Å². The van der Waals surface area contributed by atoms with Gasteiger partial charge in [-0.3, -0.25) is 9.36 Å². The number of carbonyl (C=O) groups excluding carboxylic acids is 1. The summed E-state index contributed by atoms with van der Waals surface area (Å²) < 4.78 is 6.42. The van der Waals surface area contributed by atoms with Gasteiger partial charge >= 0.3 is 5.97 Å². The molecule has 2 aromatic heterocycles. The topological polar surface area (TPSA) is 61.2 Å². The molecular weight excluding hydrogens is 372 g/mol. The van der Waals surface area contributed by atoms with E-state index in [0.29, 0.717) is 21.6 Å². The van der Waals surface area contributed by atoms with Crippen molar-refractivity contribution in [1.29, 1.82) is 0 Å². The Labute approximate surface area is 165 Å². The molecule has 0 bridgehead atoms. The van der Waals surface area contributed by atoms with E-state index in [4.69, 9.17) is 4.74 Å². The van der Waals surface area contributed by atoms with Crippen molar-refractivity contribution >= 4 is 27.5 Å². The number of benzene rings is 2. The lowest BCUT2D eigenvalue weighted by Gasteiger charge is -2.19. The minimum absolute atomic E-state index is 0.250. The number of esters is 1. The van der Waals surface area contributed by atoms with Crippen LogP contribution in [0.1, 0.15) is 17.4 Å². The van der Waals surface area contributed by atoms with Gasteiger partial charge < -0.3 is 4.74 Å². The molecule has 5 nitrogen and oxygen atoms in total. The van der Waals surface area contributed by atoms with Crippen LogP contribution in [0.15, 0.2) is 71.5 Å². The standard InChI is InChI=1S/C22H18N2O3S/c1-14-23-20-17(13-18(28-20)15-9-5-3-6-10-15)21(25)24(14)19(22(26)27-2)16-11-7-4-8-12-16/h3-13,19H,1-2H3. The predicted octanol–water partition coefficient (Wildman–Crippen LogP) is 4.20. The first kappa shape index (κ1) is 18.1. The summed E-state index contributed by atoms with van der Waals surface area (Å²) >= 11 is 1.47. The summed E-state index contributed by atoms with van der Waals surface area (Å²) in [6.07, 6.45) is 0. The first-order valence-electron chi connectivity index (χ1n) is 8.81. The third-order valence-electron chi connectivity index (χ3n) is 4.63. The number of rotatable bonds is 4. The summed E-state index contributed by atoms with van der Waals surface area (Å²) in [6, 6.07) is 20.0. The van der Waals surface area contributed by atoms with Crippen molar-refractivity contribution < 1.29 is 9.53 Å². The summed E-state index contributed by atoms with van der Waals surface area (Å²) in [5.74, 6) is -0.0331. The van der Waals surface area contributed by atoms with Crippen LogP contribution in [0.2, 0.25) is 0 Å². The fourth-order valence-electron chi connectivity index (χ4n) is 3.28. The lowest BCUT2D eigenvalue weighted by atomic mass is 10.1. The lowest BCUT2D eigenvalue weighted by molar-refractivity contribution is -0.143. The highest BCUT2D eigenvalue weighted by Crippen LogP contribution is 2.31.